The molecule has 1 atom stereocenters. The Labute approximate surface area is 104 Å². The summed E-state index contributed by atoms with van der Waals surface area (Å²) in [4.78, 5) is 13.8. The summed E-state index contributed by atoms with van der Waals surface area (Å²) in [6, 6.07) is 0. The van der Waals surface area contributed by atoms with Gasteiger partial charge in [-0.15, -0.1) is 12.4 Å². The molecule has 1 unspecified atom stereocenters. The van der Waals surface area contributed by atoms with Crippen LogP contribution in [0.1, 0.15) is 26.7 Å². The van der Waals surface area contributed by atoms with E-state index < -0.39 is 0 Å². The third kappa shape index (κ3) is 5.14. The first-order valence-electron chi connectivity index (χ1n) is 5.65. The van der Waals surface area contributed by atoms with E-state index in [1.807, 2.05) is 13.8 Å². The Morgan fingerprint density at radius 3 is 2.69 bits per heavy atom. The number of nitrogens with one attached hydrogen (secondary N) is 1. The Bertz CT molecular complexity index is 228. The van der Waals surface area contributed by atoms with E-state index in [1.165, 1.54) is 0 Å². The third-order valence-corrected chi connectivity index (χ3v) is 2.75. The van der Waals surface area contributed by atoms with Crippen LogP contribution in [0.25, 0.3) is 0 Å². The maximum Gasteiger partial charge on any atom is 0.224 e. The highest BCUT2D eigenvalue weighted by Gasteiger charge is 2.27. The van der Waals surface area contributed by atoms with E-state index >= 15 is 0 Å². The summed E-state index contributed by atoms with van der Waals surface area (Å²) in [6.45, 7) is 6.82. The average Bonchev–Trinajstić information content (AvgIpc) is 2.14. The molecular weight excluding hydrogens is 226 g/mol. The normalized spacial score (nSPS) is 22.4. The van der Waals surface area contributed by atoms with Crippen molar-refractivity contribution in [3.63, 3.8) is 0 Å². The molecule has 1 amide bonds. The van der Waals surface area contributed by atoms with Crippen LogP contribution in [0.5, 0.6) is 0 Å². The number of hydrogen-bond acceptors (Lipinski definition) is 3. The van der Waals surface area contributed by atoms with Gasteiger partial charge < -0.3 is 16.0 Å². The van der Waals surface area contributed by atoms with Gasteiger partial charge >= 0.3 is 0 Å². The molecule has 1 fully saturated rings. The summed E-state index contributed by atoms with van der Waals surface area (Å²) < 4.78 is 0. The Hall–Kier alpha value is -0.320. The number of nitrogens with two attached hydrogens (primary N) is 1. The lowest BCUT2D eigenvalue weighted by molar-refractivity contribution is -0.126. The van der Waals surface area contributed by atoms with Gasteiger partial charge in [-0.2, -0.15) is 0 Å². The molecule has 1 saturated heterocycles. The Balaban J connectivity index is 0.00000225. The van der Waals surface area contributed by atoms with E-state index in [1.54, 1.807) is 7.05 Å². The van der Waals surface area contributed by atoms with Gasteiger partial charge in [0.2, 0.25) is 5.91 Å². The number of carbonyl (C=O) groups excluding carboxylic acids is 1. The first kappa shape index (κ1) is 15.7. The molecule has 4 nitrogen and oxygen atoms in total. The van der Waals surface area contributed by atoms with Gasteiger partial charge in [-0.25, -0.2) is 0 Å². The van der Waals surface area contributed by atoms with Crippen LogP contribution in [0.2, 0.25) is 0 Å². The molecule has 0 spiro atoms. The van der Waals surface area contributed by atoms with Crippen LogP contribution in [-0.2, 0) is 4.79 Å². The van der Waals surface area contributed by atoms with Crippen molar-refractivity contribution >= 4 is 18.3 Å². The smallest absolute Gasteiger partial charge is 0.224 e. The van der Waals surface area contributed by atoms with Gasteiger partial charge in [-0.3, -0.25) is 4.79 Å². The number of piperidine rings is 1. The van der Waals surface area contributed by atoms with E-state index in [9.17, 15) is 4.79 Å². The van der Waals surface area contributed by atoms with Gasteiger partial charge in [0.15, 0.2) is 0 Å². The fourth-order valence-electron chi connectivity index (χ4n) is 2.19. The van der Waals surface area contributed by atoms with Crippen molar-refractivity contribution in [1.82, 2.24) is 10.2 Å². The highest BCUT2D eigenvalue weighted by Crippen LogP contribution is 2.17. The maximum atomic E-state index is 11.5. The number of hydrogen-bond donors (Lipinski definition) is 2. The molecule has 1 rings (SSSR count). The minimum atomic E-state index is -0.176. The molecule has 1 aliphatic heterocycles. The highest BCUT2D eigenvalue weighted by molar-refractivity contribution is 5.85. The second-order valence-corrected chi connectivity index (χ2v) is 5.18. The summed E-state index contributed by atoms with van der Waals surface area (Å²) in [5.41, 5.74) is 5.80. The molecule has 0 aromatic rings. The van der Waals surface area contributed by atoms with Crippen molar-refractivity contribution in [3.05, 3.63) is 0 Å². The van der Waals surface area contributed by atoms with E-state index in [2.05, 4.69) is 10.2 Å². The van der Waals surface area contributed by atoms with Crippen molar-refractivity contribution in [2.75, 3.05) is 26.7 Å². The van der Waals surface area contributed by atoms with Gasteiger partial charge in [-0.1, -0.05) is 0 Å². The lowest BCUT2D eigenvalue weighted by Crippen LogP contribution is -2.50. The van der Waals surface area contributed by atoms with Gasteiger partial charge in [0.05, 0.1) is 5.92 Å². The average molecular weight is 250 g/mol. The van der Waals surface area contributed by atoms with Crippen LogP contribution < -0.4 is 11.1 Å². The molecule has 0 radical (unpaired) electrons. The summed E-state index contributed by atoms with van der Waals surface area (Å²) in [5.74, 6) is 0.306. The van der Waals surface area contributed by atoms with Crippen molar-refractivity contribution < 1.29 is 4.79 Å². The fraction of sp³-hybridized carbons (Fsp3) is 0.909. The number of halogens is 1. The van der Waals surface area contributed by atoms with E-state index in [4.69, 9.17) is 5.73 Å². The minimum absolute atomic E-state index is 0. The molecule has 16 heavy (non-hydrogen) atoms. The van der Waals surface area contributed by atoms with Gasteiger partial charge in [-0.05, 0) is 33.2 Å². The predicted molar refractivity (Wildman–Crippen MR) is 68.7 cm³/mol. The molecule has 5 heteroatoms. The zero-order valence-corrected chi connectivity index (χ0v) is 11.3. The largest absolute Gasteiger partial charge is 0.359 e. The van der Waals surface area contributed by atoms with E-state index in [0.717, 1.165) is 32.5 Å². The van der Waals surface area contributed by atoms with E-state index in [0.29, 0.717) is 0 Å². The molecule has 0 aliphatic carbocycles. The van der Waals surface area contributed by atoms with Crippen molar-refractivity contribution in [2.45, 2.75) is 32.2 Å². The number of rotatable bonds is 3. The molecule has 96 valence electrons. The van der Waals surface area contributed by atoms with Crippen LogP contribution in [0, 0.1) is 5.92 Å². The highest BCUT2D eigenvalue weighted by atomic mass is 35.5. The van der Waals surface area contributed by atoms with Crippen LogP contribution in [0.15, 0.2) is 0 Å². The second-order valence-electron chi connectivity index (χ2n) is 5.18. The molecule has 1 heterocycles. The van der Waals surface area contributed by atoms with Gasteiger partial charge in [0.1, 0.15) is 0 Å². The van der Waals surface area contributed by atoms with Crippen LogP contribution in [-0.4, -0.2) is 43.0 Å². The van der Waals surface area contributed by atoms with Gasteiger partial charge in [0.25, 0.3) is 0 Å². The minimum Gasteiger partial charge on any atom is -0.359 e. The molecule has 0 saturated carbocycles. The second kappa shape index (κ2) is 6.42. The molecular formula is C11H24ClN3O. The van der Waals surface area contributed by atoms with Crippen molar-refractivity contribution in [2.24, 2.45) is 11.7 Å². The zero-order chi connectivity index (χ0) is 11.5. The number of nitrogens with zero attached hydrogens (tertiary/aromatic N) is 1. The zero-order valence-electron chi connectivity index (χ0n) is 10.5. The first-order valence-corrected chi connectivity index (χ1v) is 5.65. The lowest BCUT2D eigenvalue weighted by atomic mass is 9.95. The SMILES string of the molecule is CNC(=O)C1CCCN(CC(C)(C)N)C1.Cl. The van der Waals surface area contributed by atoms with Crippen molar-refractivity contribution in [3.8, 4) is 0 Å². The summed E-state index contributed by atoms with van der Waals surface area (Å²) in [6.07, 6.45) is 2.09. The quantitative estimate of drug-likeness (QED) is 0.770. The predicted octanol–water partition coefficient (Wildman–Crippen LogP) is 0.603. The molecule has 0 bridgehead atoms. The number of likely N-dealkylation sites (tertiary alicyclic amines) is 1. The van der Waals surface area contributed by atoms with Crippen LogP contribution in [0.4, 0.5) is 0 Å². The fourth-order valence-corrected chi connectivity index (χ4v) is 2.19. The monoisotopic (exact) mass is 249 g/mol. The third-order valence-electron chi connectivity index (χ3n) is 2.75. The lowest BCUT2D eigenvalue weighted by Gasteiger charge is -2.35. The van der Waals surface area contributed by atoms with Crippen molar-refractivity contribution in [1.29, 1.82) is 0 Å². The summed E-state index contributed by atoms with van der Waals surface area (Å²) >= 11 is 0. The molecule has 0 aromatic carbocycles. The number of carbonyl (C=O) groups is 1. The molecule has 3 N–H and O–H groups in total. The number of amides is 1. The van der Waals surface area contributed by atoms with E-state index in [-0.39, 0.29) is 29.8 Å². The van der Waals surface area contributed by atoms with Gasteiger partial charge in [0, 0.05) is 25.7 Å². The summed E-state index contributed by atoms with van der Waals surface area (Å²) in [5, 5.41) is 2.72. The molecule has 1 aliphatic rings. The maximum absolute atomic E-state index is 11.5. The van der Waals surface area contributed by atoms with Crippen LogP contribution in [0.3, 0.4) is 0 Å². The van der Waals surface area contributed by atoms with Crippen LogP contribution >= 0.6 is 12.4 Å². The first-order chi connectivity index (χ1) is 6.92. The standard InChI is InChI=1S/C11H23N3O.ClH/c1-11(2,12)8-14-6-4-5-9(7-14)10(15)13-3;/h9H,4-8,12H2,1-3H3,(H,13,15);1H. The topological polar surface area (TPSA) is 58.4 Å². The molecule has 0 aromatic heterocycles. The Kier molecular flexibility index (Phi) is 6.30. The Morgan fingerprint density at radius 2 is 2.19 bits per heavy atom. The Morgan fingerprint density at radius 1 is 1.56 bits per heavy atom. The summed E-state index contributed by atoms with van der Waals surface area (Å²) in [7, 11) is 1.70.